The third-order valence-electron chi connectivity index (χ3n) is 6.32. The van der Waals surface area contributed by atoms with Crippen LogP contribution in [0.4, 0.5) is 0 Å². The molecule has 0 aromatic heterocycles. The fourth-order valence-electron chi connectivity index (χ4n) is 4.74. The molecule has 0 saturated heterocycles. The molecule has 1 fully saturated rings. The van der Waals surface area contributed by atoms with E-state index in [0.29, 0.717) is 23.3 Å². The summed E-state index contributed by atoms with van der Waals surface area (Å²) in [5.41, 5.74) is 2.76. The highest BCUT2D eigenvalue weighted by Crippen LogP contribution is 2.44. The van der Waals surface area contributed by atoms with Crippen molar-refractivity contribution in [3.8, 4) is 11.5 Å². The van der Waals surface area contributed by atoms with E-state index in [1.807, 2.05) is 24.3 Å². The van der Waals surface area contributed by atoms with Gasteiger partial charge in [0.05, 0.1) is 0 Å². The second-order valence-corrected chi connectivity index (χ2v) is 8.73. The zero-order valence-electron chi connectivity index (χ0n) is 16.8. The largest absolute Gasteiger partial charge is 0.508 e. The van der Waals surface area contributed by atoms with Gasteiger partial charge in [-0.05, 0) is 91.2 Å². The van der Waals surface area contributed by atoms with Gasteiger partial charge < -0.3 is 10.2 Å². The van der Waals surface area contributed by atoms with Crippen LogP contribution < -0.4 is 0 Å². The van der Waals surface area contributed by atoms with Crippen LogP contribution in [0.5, 0.6) is 11.5 Å². The normalized spacial score (nSPS) is 21.3. The van der Waals surface area contributed by atoms with Crippen LogP contribution in [0.15, 0.2) is 48.5 Å². The number of hydrogen-bond donors (Lipinski definition) is 2. The highest BCUT2D eigenvalue weighted by molar-refractivity contribution is 5.30. The van der Waals surface area contributed by atoms with Gasteiger partial charge in [-0.2, -0.15) is 0 Å². The van der Waals surface area contributed by atoms with E-state index < -0.39 is 0 Å². The second-order valence-electron chi connectivity index (χ2n) is 8.73. The summed E-state index contributed by atoms with van der Waals surface area (Å²) < 4.78 is 0. The summed E-state index contributed by atoms with van der Waals surface area (Å²) in [5.74, 6) is 3.43. The van der Waals surface area contributed by atoms with Crippen LogP contribution in [0.2, 0.25) is 0 Å². The lowest BCUT2D eigenvalue weighted by Crippen LogP contribution is -2.20. The van der Waals surface area contributed by atoms with Gasteiger partial charge in [-0.1, -0.05) is 51.0 Å². The summed E-state index contributed by atoms with van der Waals surface area (Å²) in [7, 11) is 0. The highest BCUT2D eigenvalue weighted by atomic mass is 16.3. The van der Waals surface area contributed by atoms with E-state index >= 15 is 0 Å². The first kappa shape index (κ1) is 19.8. The van der Waals surface area contributed by atoms with E-state index in [9.17, 15) is 10.2 Å². The fraction of sp³-hybridized carbons (Fsp3) is 0.520. The molecular weight excluding hydrogens is 332 g/mol. The zero-order chi connectivity index (χ0) is 19.2. The van der Waals surface area contributed by atoms with Crippen LogP contribution in [0.1, 0.15) is 81.8 Å². The Morgan fingerprint density at radius 1 is 0.778 bits per heavy atom. The van der Waals surface area contributed by atoms with Crippen molar-refractivity contribution in [2.75, 3.05) is 0 Å². The van der Waals surface area contributed by atoms with Crippen molar-refractivity contribution >= 4 is 0 Å². The number of rotatable bonds is 7. The number of phenols is 2. The standard InChI is InChI=1S/C25H34O2/c1-18(2)4-3-5-25(22-12-16-24(27)17-13-22)21-8-6-19(7-9-21)20-10-14-23(26)15-11-20/h10-19,21,25-27H,3-9H2,1-2H3. The SMILES string of the molecule is CC(C)CCCC(c1ccc(O)cc1)C1CCC(c2ccc(O)cc2)CC1. The Hall–Kier alpha value is -1.96. The predicted octanol–water partition coefficient (Wildman–Crippen LogP) is 6.98. The summed E-state index contributed by atoms with van der Waals surface area (Å²) in [5, 5.41) is 19.2. The number of phenolic OH excluding ortho intramolecular Hbond substituents is 2. The zero-order valence-corrected chi connectivity index (χ0v) is 16.8. The second kappa shape index (κ2) is 9.30. The van der Waals surface area contributed by atoms with Gasteiger partial charge in [0.15, 0.2) is 0 Å². The van der Waals surface area contributed by atoms with E-state index in [4.69, 9.17) is 0 Å². The first-order valence-electron chi connectivity index (χ1n) is 10.6. The Balaban J connectivity index is 1.65. The molecule has 2 heteroatoms. The van der Waals surface area contributed by atoms with Crippen molar-refractivity contribution in [1.29, 1.82) is 0 Å². The predicted molar refractivity (Wildman–Crippen MR) is 112 cm³/mol. The summed E-state index contributed by atoms with van der Waals surface area (Å²) in [6.45, 7) is 4.61. The van der Waals surface area contributed by atoms with Gasteiger partial charge in [0.25, 0.3) is 0 Å². The molecule has 1 unspecified atom stereocenters. The van der Waals surface area contributed by atoms with Crippen LogP contribution in [0, 0.1) is 11.8 Å². The lowest BCUT2D eigenvalue weighted by molar-refractivity contribution is 0.267. The van der Waals surface area contributed by atoms with Gasteiger partial charge >= 0.3 is 0 Å². The molecule has 3 rings (SSSR count). The fourth-order valence-corrected chi connectivity index (χ4v) is 4.74. The van der Waals surface area contributed by atoms with Crippen molar-refractivity contribution in [2.24, 2.45) is 11.8 Å². The molecule has 0 spiro atoms. The molecule has 0 bridgehead atoms. The molecule has 1 aliphatic carbocycles. The average Bonchev–Trinajstić information content (AvgIpc) is 2.67. The summed E-state index contributed by atoms with van der Waals surface area (Å²) in [4.78, 5) is 0. The number of hydrogen-bond acceptors (Lipinski definition) is 2. The smallest absolute Gasteiger partial charge is 0.115 e. The molecule has 2 N–H and O–H groups in total. The first-order valence-corrected chi connectivity index (χ1v) is 10.6. The number of benzene rings is 2. The maximum atomic E-state index is 9.66. The van der Waals surface area contributed by atoms with Gasteiger partial charge in [0.1, 0.15) is 11.5 Å². The minimum Gasteiger partial charge on any atom is -0.508 e. The molecule has 27 heavy (non-hydrogen) atoms. The quantitative estimate of drug-likeness (QED) is 0.555. The minimum absolute atomic E-state index is 0.352. The Kier molecular flexibility index (Phi) is 6.82. The number of aromatic hydroxyl groups is 2. The molecule has 1 atom stereocenters. The topological polar surface area (TPSA) is 40.5 Å². The van der Waals surface area contributed by atoms with E-state index in [0.717, 1.165) is 11.8 Å². The lowest BCUT2D eigenvalue weighted by atomic mass is 9.70. The molecule has 2 aromatic carbocycles. The lowest BCUT2D eigenvalue weighted by Gasteiger charge is -2.35. The molecule has 0 heterocycles. The van der Waals surface area contributed by atoms with Crippen LogP contribution in [0.25, 0.3) is 0 Å². The third-order valence-corrected chi connectivity index (χ3v) is 6.32. The molecule has 2 aromatic rings. The summed E-state index contributed by atoms with van der Waals surface area (Å²) >= 11 is 0. The molecule has 146 valence electrons. The van der Waals surface area contributed by atoms with Crippen LogP contribution >= 0.6 is 0 Å². The van der Waals surface area contributed by atoms with Crippen molar-refractivity contribution in [2.45, 2.75) is 70.6 Å². The Morgan fingerprint density at radius 2 is 1.33 bits per heavy atom. The van der Waals surface area contributed by atoms with Crippen molar-refractivity contribution in [1.82, 2.24) is 0 Å². The molecule has 1 aliphatic rings. The molecule has 2 nitrogen and oxygen atoms in total. The summed E-state index contributed by atoms with van der Waals surface area (Å²) in [6.07, 6.45) is 8.80. The van der Waals surface area contributed by atoms with E-state index in [1.165, 1.54) is 56.1 Å². The Labute approximate surface area is 164 Å². The minimum atomic E-state index is 0.352. The first-order chi connectivity index (χ1) is 13.0. The van der Waals surface area contributed by atoms with Crippen molar-refractivity contribution in [3.05, 3.63) is 59.7 Å². The third kappa shape index (κ3) is 5.51. The van der Waals surface area contributed by atoms with E-state index in [1.54, 1.807) is 0 Å². The van der Waals surface area contributed by atoms with Crippen molar-refractivity contribution < 1.29 is 10.2 Å². The van der Waals surface area contributed by atoms with E-state index in [-0.39, 0.29) is 0 Å². The van der Waals surface area contributed by atoms with Gasteiger partial charge in [0.2, 0.25) is 0 Å². The summed E-state index contributed by atoms with van der Waals surface area (Å²) in [6, 6.07) is 15.7. The Bertz CT molecular complexity index is 679. The van der Waals surface area contributed by atoms with Crippen LogP contribution in [0.3, 0.4) is 0 Å². The van der Waals surface area contributed by atoms with Crippen molar-refractivity contribution in [3.63, 3.8) is 0 Å². The maximum absolute atomic E-state index is 9.66. The van der Waals surface area contributed by atoms with Crippen LogP contribution in [-0.2, 0) is 0 Å². The highest BCUT2D eigenvalue weighted by Gasteiger charge is 2.29. The monoisotopic (exact) mass is 366 g/mol. The maximum Gasteiger partial charge on any atom is 0.115 e. The Morgan fingerprint density at radius 3 is 1.89 bits per heavy atom. The van der Waals surface area contributed by atoms with Gasteiger partial charge in [-0.15, -0.1) is 0 Å². The van der Waals surface area contributed by atoms with Gasteiger partial charge in [0, 0.05) is 0 Å². The van der Waals surface area contributed by atoms with Gasteiger partial charge in [-0.3, -0.25) is 0 Å². The average molecular weight is 367 g/mol. The molecule has 0 amide bonds. The molecule has 1 saturated carbocycles. The van der Waals surface area contributed by atoms with Crippen LogP contribution in [-0.4, -0.2) is 10.2 Å². The molecule has 0 radical (unpaired) electrons. The molecular formula is C25H34O2. The molecule has 0 aliphatic heterocycles. The van der Waals surface area contributed by atoms with Gasteiger partial charge in [-0.25, -0.2) is 0 Å². The van der Waals surface area contributed by atoms with E-state index in [2.05, 4.69) is 38.1 Å².